The number of hydrogen-bond donors (Lipinski definition) is 0. The first-order valence-corrected chi connectivity index (χ1v) is 9.48. The first-order chi connectivity index (χ1) is 11.1. The molecule has 0 bridgehead atoms. The van der Waals surface area contributed by atoms with Gasteiger partial charge < -0.3 is 4.90 Å². The zero-order chi connectivity index (χ0) is 18.1. The van der Waals surface area contributed by atoms with Crippen molar-refractivity contribution in [3.8, 4) is 0 Å². The van der Waals surface area contributed by atoms with Crippen molar-refractivity contribution in [2.75, 3.05) is 24.5 Å². The average Bonchev–Trinajstić information content (AvgIpc) is 2.49. The van der Waals surface area contributed by atoms with Gasteiger partial charge in [0.25, 0.3) is 9.84 Å². The fourth-order valence-corrected chi connectivity index (χ4v) is 4.05. The highest BCUT2D eigenvalue weighted by atomic mass is 32.2. The van der Waals surface area contributed by atoms with Crippen LogP contribution in [0, 0.1) is 0 Å². The lowest BCUT2D eigenvalue weighted by molar-refractivity contribution is -0.0436. The highest BCUT2D eigenvalue weighted by Gasteiger charge is 2.47. The van der Waals surface area contributed by atoms with Crippen LogP contribution in [0.1, 0.15) is 27.2 Å². The van der Waals surface area contributed by atoms with E-state index >= 15 is 0 Å². The zero-order valence-electron chi connectivity index (χ0n) is 14.0. The van der Waals surface area contributed by atoms with E-state index in [1.807, 2.05) is 4.90 Å². The van der Waals surface area contributed by atoms with Crippen molar-refractivity contribution in [2.24, 2.45) is 0 Å². The number of sulfone groups is 1. The maximum Gasteiger partial charge on any atom is 0.501 e. The summed E-state index contributed by atoms with van der Waals surface area (Å²) in [6.45, 7) is 8.54. The summed E-state index contributed by atoms with van der Waals surface area (Å²) < 4.78 is 61.4. The van der Waals surface area contributed by atoms with Crippen LogP contribution in [0.15, 0.2) is 29.2 Å². The van der Waals surface area contributed by atoms with Crippen molar-refractivity contribution < 1.29 is 21.6 Å². The normalized spacial score (nSPS) is 23.5. The van der Waals surface area contributed by atoms with E-state index in [2.05, 4.69) is 25.7 Å². The molecule has 1 aromatic carbocycles. The Morgan fingerprint density at radius 3 is 2.25 bits per heavy atom. The van der Waals surface area contributed by atoms with Gasteiger partial charge in [-0.05, 0) is 45.0 Å². The third-order valence-electron chi connectivity index (χ3n) is 4.38. The molecule has 4 nitrogen and oxygen atoms in total. The first kappa shape index (κ1) is 19.1. The van der Waals surface area contributed by atoms with Crippen LogP contribution in [0.2, 0.25) is 0 Å². The molecule has 0 aromatic heterocycles. The molecule has 2 unspecified atom stereocenters. The number of hydrogen-bond acceptors (Lipinski definition) is 4. The largest absolute Gasteiger partial charge is 0.501 e. The first-order valence-electron chi connectivity index (χ1n) is 8.00. The van der Waals surface area contributed by atoms with E-state index in [-0.39, 0.29) is 12.1 Å². The number of halogens is 3. The highest BCUT2D eigenvalue weighted by Crippen LogP contribution is 2.32. The molecular weight excluding hydrogens is 341 g/mol. The molecule has 1 fully saturated rings. The lowest BCUT2D eigenvalue weighted by Crippen LogP contribution is -2.56. The second kappa shape index (κ2) is 6.92. The second-order valence-corrected chi connectivity index (χ2v) is 8.23. The minimum absolute atomic E-state index is 0.247. The molecule has 1 heterocycles. The Bertz CT molecular complexity index is 664. The van der Waals surface area contributed by atoms with Crippen molar-refractivity contribution in [2.45, 2.75) is 49.7 Å². The molecule has 0 amide bonds. The minimum atomic E-state index is -5.32. The lowest BCUT2D eigenvalue weighted by Gasteiger charge is -2.45. The molecule has 1 aromatic rings. The molecule has 1 saturated heterocycles. The molecular formula is C16H23F3N2O2S. The van der Waals surface area contributed by atoms with Gasteiger partial charge in [0.15, 0.2) is 0 Å². The van der Waals surface area contributed by atoms with Crippen LogP contribution in [0.25, 0.3) is 0 Å². The van der Waals surface area contributed by atoms with Gasteiger partial charge in [0.05, 0.1) is 4.90 Å². The van der Waals surface area contributed by atoms with Crippen molar-refractivity contribution >= 4 is 15.5 Å². The maximum absolute atomic E-state index is 12.7. The Balaban J connectivity index is 2.27. The molecule has 8 heteroatoms. The van der Waals surface area contributed by atoms with E-state index in [0.29, 0.717) is 18.8 Å². The zero-order valence-corrected chi connectivity index (χ0v) is 14.9. The summed E-state index contributed by atoms with van der Waals surface area (Å²) in [7, 11) is -5.32. The quantitative estimate of drug-likeness (QED) is 0.822. The van der Waals surface area contributed by atoms with Crippen LogP contribution < -0.4 is 4.90 Å². The summed E-state index contributed by atoms with van der Waals surface area (Å²) in [5, 5.41) is 0. The molecule has 0 N–H and O–H groups in total. The van der Waals surface area contributed by atoms with Crippen LogP contribution in [-0.2, 0) is 9.84 Å². The topological polar surface area (TPSA) is 40.6 Å². The third kappa shape index (κ3) is 3.69. The molecule has 2 rings (SSSR count). The Kier molecular flexibility index (Phi) is 5.49. The second-order valence-electron chi connectivity index (χ2n) is 6.29. The van der Waals surface area contributed by atoms with Crippen LogP contribution in [0.4, 0.5) is 18.9 Å². The van der Waals surface area contributed by atoms with Crippen molar-refractivity contribution in [3.05, 3.63) is 24.3 Å². The van der Waals surface area contributed by atoms with Crippen LogP contribution >= 0.6 is 0 Å². The van der Waals surface area contributed by atoms with Gasteiger partial charge in [-0.3, -0.25) is 4.90 Å². The molecule has 0 radical (unpaired) electrons. The summed E-state index contributed by atoms with van der Waals surface area (Å²) in [5.74, 6) is 0. The van der Waals surface area contributed by atoms with Gasteiger partial charge in [-0.25, -0.2) is 8.42 Å². The van der Waals surface area contributed by atoms with Gasteiger partial charge >= 0.3 is 5.51 Å². The SMILES string of the molecule is CCCN1C(C)CN(c2cccc(S(=O)(=O)C(F)(F)F)c2)CC1C. The lowest BCUT2D eigenvalue weighted by atomic mass is 10.1. The van der Waals surface area contributed by atoms with Crippen LogP contribution in [-0.4, -0.2) is 50.5 Å². The van der Waals surface area contributed by atoms with E-state index in [0.717, 1.165) is 25.1 Å². The minimum Gasteiger partial charge on any atom is -0.368 e. The predicted molar refractivity (Wildman–Crippen MR) is 87.8 cm³/mol. The van der Waals surface area contributed by atoms with Gasteiger partial charge in [0, 0.05) is 30.9 Å². The van der Waals surface area contributed by atoms with E-state index in [1.54, 1.807) is 6.07 Å². The number of nitrogens with zero attached hydrogens (tertiary/aromatic N) is 2. The molecule has 24 heavy (non-hydrogen) atoms. The maximum atomic E-state index is 12.7. The summed E-state index contributed by atoms with van der Waals surface area (Å²) in [5.41, 5.74) is -4.78. The number of rotatable bonds is 4. The van der Waals surface area contributed by atoms with Crippen molar-refractivity contribution in [1.82, 2.24) is 4.90 Å². The Morgan fingerprint density at radius 1 is 1.17 bits per heavy atom. The summed E-state index contributed by atoms with van der Waals surface area (Å²) in [4.78, 5) is 3.62. The van der Waals surface area contributed by atoms with Crippen LogP contribution in [0.3, 0.4) is 0 Å². The van der Waals surface area contributed by atoms with Crippen molar-refractivity contribution in [3.63, 3.8) is 0 Å². The van der Waals surface area contributed by atoms with Gasteiger partial charge in [0.2, 0.25) is 0 Å². The van der Waals surface area contributed by atoms with E-state index in [1.165, 1.54) is 6.07 Å². The number of piperazine rings is 1. The Hall–Kier alpha value is -1.28. The molecule has 0 spiro atoms. The van der Waals surface area contributed by atoms with Gasteiger partial charge in [-0.15, -0.1) is 0 Å². The number of anilines is 1. The molecule has 1 aliphatic rings. The fraction of sp³-hybridized carbons (Fsp3) is 0.625. The monoisotopic (exact) mass is 364 g/mol. The summed E-state index contributed by atoms with van der Waals surface area (Å²) in [6, 6.07) is 5.63. The number of benzene rings is 1. The van der Waals surface area contributed by atoms with Crippen molar-refractivity contribution in [1.29, 1.82) is 0 Å². The van der Waals surface area contributed by atoms with Crippen LogP contribution in [0.5, 0.6) is 0 Å². The Morgan fingerprint density at radius 2 is 1.75 bits per heavy atom. The molecule has 2 atom stereocenters. The molecule has 136 valence electrons. The number of alkyl halides is 3. The van der Waals surface area contributed by atoms with Gasteiger partial charge in [-0.2, -0.15) is 13.2 Å². The van der Waals surface area contributed by atoms with Gasteiger partial charge in [-0.1, -0.05) is 13.0 Å². The van der Waals surface area contributed by atoms with Gasteiger partial charge in [0.1, 0.15) is 0 Å². The smallest absolute Gasteiger partial charge is 0.368 e. The van der Waals surface area contributed by atoms with E-state index in [9.17, 15) is 21.6 Å². The van der Waals surface area contributed by atoms with E-state index < -0.39 is 20.2 Å². The molecule has 0 aliphatic carbocycles. The average molecular weight is 364 g/mol. The summed E-state index contributed by atoms with van der Waals surface area (Å²) in [6.07, 6.45) is 1.04. The predicted octanol–water partition coefficient (Wildman–Crippen LogP) is 3.29. The third-order valence-corrected chi connectivity index (χ3v) is 5.87. The highest BCUT2D eigenvalue weighted by molar-refractivity contribution is 7.92. The van der Waals surface area contributed by atoms with E-state index in [4.69, 9.17) is 0 Å². The fourth-order valence-electron chi connectivity index (χ4n) is 3.25. The molecule has 0 saturated carbocycles. The molecule has 1 aliphatic heterocycles. The standard InChI is InChI=1S/C16H23F3N2O2S/c1-4-8-21-12(2)10-20(11-13(21)3)14-6-5-7-15(9-14)24(22,23)16(17,18)19/h5-7,9,12-13H,4,8,10-11H2,1-3H3. The summed E-state index contributed by atoms with van der Waals surface area (Å²) >= 11 is 0. The Labute approximate surface area is 141 Å².